The largest absolute Gasteiger partial charge is 0.479 e. The molecule has 120 valence electrons. The van der Waals surface area contributed by atoms with Gasteiger partial charge >= 0.3 is 5.97 Å². The third-order valence-electron chi connectivity index (χ3n) is 3.54. The van der Waals surface area contributed by atoms with Crippen molar-refractivity contribution in [3.8, 4) is 0 Å². The number of ether oxygens (including phenoxy) is 1. The molecule has 0 spiro atoms. The van der Waals surface area contributed by atoms with Gasteiger partial charge in [-0.2, -0.15) is 0 Å². The lowest BCUT2D eigenvalue weighted by atomic mass is 10.2. The molecule has 1 fully saturated rings. The van der Waals surface area contributed by atoms with Crippen LogP contribution in [0.2, 0.25) is 0 Å². The van der Waals surface area contributed by atoms with E-state index in [2.05, 4.69) is 0 Å². The van der Waals surface area contributed by atoms with Gasteiger partial charge in [-0.15, -0.1) is 11.8 Å². The minimum atomic E-state index is -1.02. The molecule has 5 nitrogen and oxygen atoms in total. The van der Waals surface area contributed by atoms with Crippen LogP contribution in [-0.4, -0.2) is 52.4 Å². The van der Waals surface area contributed by atoms with Crippen molar-refractivity contribution in [3.63, 3.8) is 0 Å². The zero-order valence-corrected chi connectivity index (χ0v) is 13.6. The van der Waals surface area contributed by atoms with Gasteiger partial charge in [-0.3, -0.25) is 4.79 Å². The Balaban J connectivity index is 1.90. The number of carboxylic acid groups (broad SMARTS) is 1. The van der Waals surface area contributed by atoms with Crippen molar-refractivity contribution in [2.75, 3.05) is 13.1 Å². The van der Waals surface area contributed by atoms with Crippen LogP contribution in [0.1, 0.15) is 19.4 Å². The van der Waals surface area contributed by atoms with E-state index in [9.17, 15) is 9.59 Å². The van der Waals surface area contributed by atoms with Gasteiger partial charge in [0.05, 0.1) is 17.9 Å². The highest BCUT2D eigenvalue weighted by Crippen LogP contribution is 2.21. The third kappa shape index (κ3) is 4.48. The third-order valence-corrected chi connectivity index (χ3v) is 4.74. The summed E-state index contributed by atoms with van der Waals surface area (Å²) in [6.07, 6.45) is -1.19. The minimum absolute atomic E-state index is 0.0256. The summed E-state index contributed by atoms with van der Waals surface area (Å²) in [6, 6.07) is 9.97. The number of nitrogens with zero attached hydrogens (tertiary/aromatic N) is 1. The zero-order chi connectivity index (χ0) is 16.1. The van der Waals surface area contributed by atoms with Gasteiger partial charge < -0.3 is 14.7 Å². The highest BCUT2D eigenvalue weighted by atomic mass is 32.2. The van der Waals surface area contributed by atoms with E-state index in [4.69, 9.17) is 9.84 Å². The smallest absolute Gasteiger partial charge is 0.334 e. The SMILES string of the molecule is CC(SCc1ccccc1)C(=O)N1CC(C(=O)O)O[C@H](C)C1. The van der Waals surface area contributed by atoms with E-state index < -0.39 is 12.1 Å². The molecule has 0 bridgehead atoms. The van der Waals surface area contributed by atoms with Gasteiger partial charge in [0.1, 0.15) is 0 Å². The van der Waals surface area contributed by atoms with Crippen LogP contribution in [-0.2, 0) is 20.1 Å². The maximum absolute atomic E-state index is 12.5. The van der Waals surface area contributed by atoms with Gasteiger partial charge in [0.25, 0.3) is 0 Å². The molecule has 1 aliphatic heterocycles. The molecule has 0 aliphatic carbocycles. The van der Waals surface area contributed by atoms with Crippen molar-refractivity contribution in [3.05, 3.63) is 35.9 Å². The number of thioether (sulfide) groups is 1. The summed E-state index contributed by atoms with van der Waals surface area (Å²) in [4.78, 5) is 25.2. The molecule has 0 radical (unpaired) electrons. The molecule has 0 saturated carbocycles. The van der Waals surface area contributed by atoms with E-state index in [1.807, 2.05) is 37.3 Å². The lowest BCUT2D eigenvalue weighted by molar-refractivity contribution is -0.166. The first kappa shape index (κ1) is 16.8. The zero-order valence-electron chi connectivity index (χ0n) is 12.8. The molecule has 1 aromatic rings. The lowest BCUT2D eigenvalue weighted by Crippen LogP contribution is -2.53. The monoisotopic (exact) mass is 323 g/mol. The number of benzene rings is 1. The van der Waals surface area contributed by atoms with Crippen molar-refractivity contribution in [1.29, 1.82) is 0 Å². The van der Waals surface area contributed by atoms with Crippen LogP contribution < -0.4 is 0 Å². The number of hydrogen-bond acceptors (Lipinski definition) is 4. The van der Waals surface area contributed by atoms with Crippen LogP contribution in [0.4, 0.5) is 0 Å². The van der Waals surface area contributed by atoms with Crippen LogP contribution in [0, 0.1) is 0 Å². The summed E-state index contributed by atoms with van der Waals surface area (Å²) in [5, 5.41) is 8.87. The van der Waals surface area contributed by atoms with Gasteiger partial charge in [0.2, 0.25) is 5.91 Å². The predicted octanol–water partition coefficient (Wildman–Crippen LogP) is 2.01. The summed E-state index contributed by atoms with van der Waals surface area (Å²) in [5.41, 5.74) is 1.17. The molecule has 22 heavy (non-hydrogen) atoms. The van der Waals surface area contributed by atoms with E-state index >= 15 is 0 Å². The Kier molecular flexibility index (Phi) is 5.85. The van der Waals surface area contributed by atoms with Crippen molar-refractivity contribution in [2.45, 2.75) is 37.1 Å². The first-order valence-electron chi connectivity index (χ1n) is 7.30. The molecule has 1 aromatic carbocycles. The Hall–Kier alpha value is -1.53. The fourth-order valence-corrected chi connectivity index (χ4v) is 3.32. The molecule has 1 N–H and O–H groups in total. The van der Waals surface area contributed by atoms with Crippen LogP contribution in [0.25, 0.3) is 0 Å². The van der Waals surface area contributed by atoms with Crippen LogP contribution >= 0.6 is 11.8 Å². The van der Waals surface area contributed by atoms with Gasteiger partial charge in [0.15, 0.2) is 6.10 Å². The summed E-state index contributed by atoms with van der Waals surface area (Å²) < 4.78 is 5.34. The maximum Gasteiger partial charge on any atom is 0.334 e. The Morgan fingerprint density at radius 1 is 1.36 bits per heavy atom. The fourth-order valence-electron chi connectivity index (χ4n) is 2.39. The quantitative estimate of drug-likeness (QED) is 0.898. The minimum Gasteiger partial charge on any atom is -0.479 e. The van der Waals surface area contributed by atoms with Gasteiger partial charge in [-0.1, -0.05) is 30.3 Å². The summed E-state index contributed by atoms with van der Waals surface area (Å²) in [6.45, 7) is 4.22. The molecule has 1 saturated heterocycles. The lowest BCUT2D eigenvalue weighted by Gasteiger charge is -2.36. The van der Waals surface area contributed by atoms with Crippen molar-refractivity contribution >= 4 is 23.6 Å². The Morgan fingerprint density at radius 3 is 2.68 bits per heavy atom. The molecule has 0 aromatic heterocycles. The average Bonchev–Trinajstić information content (AvgIpc) is 2.52. The molecule has 1 heterocycles. The van der Waals surface area contributed by atoms with Crippen molar-refractivity contribution in [1.82, 2.24) is 4.90 Å². The second-order valence-electron chi connectivity index (χ2n) is 5.46. The molecule has 1 amide bonds. The number of amides is 1. The van der Waals surface area contributed by atoms with Crippen molar-refractivity contribution < 1.29 is 19.4 Å². The highest BCUT2D eigenvalue weighted by molar-refractivity contribution is 7.99. The fraction of sp³-hybridized carbons (Fsp3) is 0.500. The van der Waals surface area contributed by atoms with Crippen LogP contribution in [0.3, 0.4) is 0 Å². The molecule has 2 rings (SSSR count). The summed E-state index contributed by atoms with van der Waals surface area (Å²) in [7, 11) is 0. The Morgan fingerprint density at radius 2 is 2.05 bits per heavy atom. The second-order valence-corrected chi connectivity index (χ2v) is 6.78. The van der Waals surface area contributed by atoms with Gasteiger partial charge in [-0.25, -0.2) is 4.79 Å². The topological polar surface area (TPSA) is 66.8 Å². The van der Waals surface area contributed by atoms with E-state index in [1.165, 1.54) is 5.56 Å². The van der Waals surface area contributed by atoms with Gasteiger partial charge in [-0.05, 0) is 19.4 Å². The van der Waals surface area contributed by atoms with E-state index in [0.29, 0.717) is 6.54 Å². The number of rotatable bonds is 5. The molecular weight excluding hydrogens is 302 g/mol. The second kappa shape index (κ2) is 7.65. The number of carboxylic acids is 1. The Labute approximate surface area is 134 Å². The number of aliphatic carboxylic acids is 1. The molecule has 1 aliphatic rings. The van der Waals surface area contributed by atoms with Gasteiger partial charge in [0, 0.05) is 12.3 Å². The van der Waals surface area contributed by atoms with E-state index in [1.54, 1.807) is 23.6 Å². The summed E-state index contributed by atoms with van der Waals surface area (Å²) >= 11 is 1.56. The Bertz CT molecular complexity index is 522. The first-order chi connectivity index (χ1) is 10.5. The number of carbonyl (C=O) groups is 2. The molecule has 3 atom stereocenters. The normalized spacial score (nSPS) is 23.1. The maximum atomic E-state index is 12.5. The van der Waals surface area contributed by atoms with Crippen LogP contribution in [0.5, 0.6) is 0 Å². The highest BCUT2D eigenvalue weighted by Gasteiger charge is 2.34. The first-order valence-corrected chi connectivity index (χ1v) is 8.35. The van der Waals surface area contributed by atoms with E-state index in [-0.39, 0.29) is 23.8 Å². The predicted molar refractivity (Wildman–Crippen MR) is 85.7 cm³/mol. The standard InChI is InChI=1S/C16H21NO4S/c1-11-8-17(9-14(21-11)16(19)20)15(18)12(2)22-10-13-6-4-3-5-7-13/h3-7,11-12,14H,8-10H2,1-2H3,(H,19,20)/t11-,12?,14?/m1/s1. The van der Waals surface area contributed by atoms with Crippen molar-refractivity contribution in [2.24, 2.45) is 0 Å². The molecular formula is C16H21NO4S. The average molecular weight is 323 g/mol. The number of carbonyl (C=O) groups excluding carboxylic acids is 1. The summed E-state index contributed by atoms with van der Waals surface area (Å²) in [5.74, 6) is -0.285. The number of hydrogen-bond donors (Lipinski definition) is 1. The molecule has 2 unspecified atom stereocenters. The molecule has 6 heteroatoms. The van der Waals surface area contributed by atoms with E-state index in [0.717, 1.165) is 5.75 Å². The van der Waals surface area contributed by atoms with Crippen LogP contribution in [0.15, 0.2) is 30.3 Å². The number of morpholine rings is 1.